The Morgan fingerprint density at radius 2 is 1.35 bits per heavy atom. The highest BCUT2D eigenvalue weighted by atomic mass is 32.2. The molecule has 1 aromatic heterocycles. The molecule has 0 atom stereocenters. The number of benzene rings is 1. The first-order chi connectivity index (χ1) is 12.6. The van der Waals surface area contributed by atoms with Gasteiger partial charge in [0.25, 0.3) is 5.91 Å². The van der Waals surface area contributed by atoms with Crippen LogP contribution in [-0.4, -0.2) is 11.0 Å². The maximum atomic E-state index is 13.4. The largest absolute Gasteiger partial charge is 0.453 e. The van der Waals surface area contributed by atoms with Crippen LogP contribution in [0.4, 0.5) is 25.1 Å². The van der Waals surface area contributed by atoms with Crippen LogP contribution in [0.2, 0.25) is 0 Å². The second-order valence-electron chi connectivity index (χ2n) is 4.28. The zero-order valence-electron chi connectivity index (χ0n) is 12.1. The van der Waals surface area contributed by atoms with Crippen LogP contribution >= 0.6 is 60.7 Å². The third kappa shape index (κ3) is 4.25. The zero-order chi connectivity index (χ0) is 19.3. The van der Waals surface area contributed by atoms with E-state index < -0.39 is 103 Å². The molecule has 0 saturated heterocycles. The maximum Gasteiger partial charge on any atom is 0.291 e. The van der Waals surface area contributed by atoms with E-state index >= 15 is 0 Å². The molecule has 14 heteroatoms. The first-order valence-corrected chi connectivity index (χ1v) is 9.82. The number of hydrogen-bond acceptors (Lipinski definition) is 8. The molecule has 1 amide bonds. The van der Waals surface area contributed by atoms with Crippen molar-refractivity contribution < 1.29 is 33.7 Å². The molecule has 1 heterocycles. The average molecular weight is 468 g/mol. The predicted octanol–water partition coefficient (Wildman–Crippen LogP) is 6.91. The molecule has 0 aliphatic heterocycles. The Balaban J connectivity index is 2.59. The third-order valence-electron chi connectivity index (χ3n) is 2.94. The first kappa shape index (κ1) is 21.6. The standard InChI is InChI=1S/C12H6F5NO3S5/c13-22-7-6(18-12(20)5-2-1-4(3-19)21-5)8(23-14)10(25-16)11(26-17)9(7)24-15/h1-2,19H,3H2,(H,18,20). The van der Waals surface area contributed by atoms with Crippen LogP contribution in [0.25, 0.3) is 0 Å². The molecule has 0 saturated carbocycles. The summed E-state index contributed by atoms with van der Waals surface area (Å²) in [5, 5.41) is 11.0. The van der Waals surface area contributed by atoms with Gasteiger partial charge in [-0.1, -0.05) is 0 Å². The fourth-order valence-corrected chi connectivity index (χ4v) is 4.72. The van der Waals surface area contributed by atoms with Crippen LogP contribution in [0, 0.1) is 0 Å². The van der Waals surface area contributed by atoms with Gasteiger partial charge in [-0.25, -0.2) is 0 Å². The molecular formula is C12H6F5NO3S5. The van der Waals surface area contributed by atoms with Crippen molar-refractivity contribution in [3.05, 3.63) is 23.7 Å². The number of anilines is 1. The van der Waals surface area contributed by atoms with E-state index in [1.165, 1.54) is 12.1 Å². The van der Waals surface area contributed by atoms with Gasteiger partial charge in [0.1, 0.15) is 12.4 Å². The molecule has 0 unspecified atom stereocenters. The number of aliphatic hydroxyl groups is 1. The van der Waals surface area contributed by atoms with Gasteiger partial charge in [-0.05, 0) is 12.1 Å². The molecule has 0 radical (unpaired) electrons. The molecule has 0 spiro atoms. The monoisotopic (exact) mass is 467 g/mol. The molecule has 1 aromatic carbocycles. The Labute approximate surface area is 165 Å². The lowest BCUT2D eigenvalue weighted by molar-refractivity contribution is 0.0991. The summed E-state index contributed by atoms with van der Waals surface area (Å²) in [6.07, 6.45) is 0. The number of aliphatic hydroxyl groups excluding tert-OH is 1. The number of halogens is 5. The van der Waals surface area contributed by atoms with E-state index in [4.69, 9.17) is 9.52 Å². The molecule has 0 aliphatic rings. The van der Waals surface area contributed by atoms with Crippen molar-refractivity contribution in [3.8, 4) is 0 Å². The topological polar surface area (TPSA) is 62.5 Å². The van der Waals surface area contributed by atoms with E-state index in [0.717, 1.165) is 0 Å². The second kappa shape index (κ2) is 10.0. The number of nitrogens with one attached hydrogen (secondary N) is 1. The normalized spacial score (nSPS) is 11.0. The van der Waals surface area contributed by atoms with Crippen molar-refractivity contribution >= 4 is 72.3 Å². The number of furan rings is 1. The summed E-state index contributed by atoms with van der Waals surface area (Å²) in [4.78, 5) is 9.01. The van der Waals surface area contributed by atoms with Crippen molar-refractivity contribution in [2.24, 2.45) is 0 Å². The molecule has 0 fully saturated rings. The Hall–Kier alpha value is -0.670. The summed E-state index contributed by atoms with van der Waals surface area (Å²) in [5.74, 6) is -1.24. The summed E-state index contributed by atoms with van der Waals surface area (Å²) < 4.78 is 71.3. The van der Waals surface area contributed by atoms with Gasteiger partial charge >= 0.3 is 0 Å². The fourth-order valence-electron chi connectivity index (χ4n) is 1.87. The van der Waals surface area contributed by atoms with Crippen LogP contribution in [-0.2, 0) is 6.61 Å². The predicted molar refractivity (Wildman–Crippen MR) is 93.9 cm³/mol. The zero-order valence-corrected chi connectivity index (χ0v) is 16.1. The minimum absolute atomic E-state index is 0.0551. The molecule has 2 rings (SSSR count). The van der Waals surface area contributed by atoms with Crippen LogP contribution < -0.4 is 5.32 Å². The lowest BCUT2D eigenvalue weighted by Gasteiger charge is -2.17. The van der Waals surface area contributed by atoms with E-state index in [0.29, 0.717) is 0 Å². The van der Waals surface area contributed by atoms with Crippen molar-refractivity contribution in [2.45, 2.75) is 31.1 Å². The number of hydrogen-bond donors (Lipinski definition) is 2. The van der Waals surface area contributed by atoms with Crippen molar-refractivity contribution in [1.82, 2.24) is 0 Å². The molecule has 2 aromatic rings. The summed E-state index contributed by atoms with van der Waals surface area (Å²) in [5.41, 5.74) is -0.574. The lowest BCUT2D eigenvalue weighted by Crippen LogP contribution is -2.13. The van der Waals surface area contributed by atoms with Gasteiger partial charge in [0.15, 0.2) is 5.76 Å². The summed E-state index contributed by atoms with van der Waals surface area (Å²) >= 11 is -2.87. The lowest BCUT2D eigenvalue weighted by atomic mass is 10.3. The first-order valence-electron chi connectivity index (χ1n) is 6.23. The minimum Gasteiger partial charge on any atom is -0.453 e. The Morgan fingerprint density at radius 3 is 1.73 bits per heavy atom. The van der Waals surface area contributed by atoms with Gasteiger partial charge in [0.05, 0.1) is 90.9 Å². The second-order valence-corrected chi connectivity index (χ2v) is 7.10. The van der Waals surface area contributed by atoms with Gasteiger partial charge < -0.3 is 14.8 Å². The molecule has 0 aliphatic carbocycles. The van der Waals surface area contributed by atoms with E-state index in [-0.39, 0.29) is 11.5 Å². The van der Waals surface area contributed by atoms with Crippen LogP contribution in [0.1, 0.15) is 16.3 Å². The smallest absolute Gasteiger partial charge is 0.291 e. The number of rotatable bonds is 8. The quantitative estimate of drug-likeness (QED) is 0.406. The minimum atomic E-state index is -0.986. The SMILES string of the molecule is O=C(Nc1c(SF)c(SF)c(SF)c(SF)c1SF)c1ccc(CO)o1. The van der Waals surface area contributed by atoms with Gasteiger partial charge in [-0.15, -0.1) is 0 Å². The molecule has 26 heavy (non-hydrogen) atoms. The van der Waals surface area contributed by atoms with E-state index in [2.05, 4.69) is 5.32 Å². The van der Waals surface area contributed by atoms with Crippen LogP contribution in [0.15, 0.2) is 41.0 Å². The van der Waals surface area contributed by atoms with E-state index in [1.54, 1.807) is 0 Å². The summed E-state index contributed by atoms with van der Waals surface area (Å²) in [7, 11) is 0. The van der Waals surface area contributed by atoms with Crippen molar-refractivity contribution in [1.29, 1.82) is 0 Å². The number of carbonyl (C=O) groups is 1. The number of amides is 1. The van der Waals surface area contributed by atoms with Crippen molar-refractivity contribution in [2.75, 3.05) is 5.32 Å². The Morgan fingerprint density at radius 1 is 0.885 bits per heavy atom. The van der Waals surface area contributed by atoms with Gasteiger partial charge in [0, 0.05) is 0 Å². The van der Waals surface area contributed by atoms with E-state index in [9.17, 15) is 24.2 Å². The maximum absolute atomic E-state index is 13.4. The Bertz CT molecular complexity index is 773. The highest BCUT2D eigenvalue weighted by Gasteiger charge is 2.29. The van der Waals surface area contributed by atoms with Gasteiger partial charge in [0.2, 0.25) is 0 Å². The highest BCUT2D eigenvalue weighted by molar-refractivity contribution is 8.00. The Kier molecular flexibility index (Phi) is 8.35. The molecular weight excluding hydrogens is 461 g/mol. The molecule has 142 valence electrons. The average Bonchev–Trinajstić information content (AvgIpc) is 3.15. The summed E-state index contributed by atoms with van der Waals surface area (Å²) in [6.45, 7) is -0.488. The van der Waals surface area contributed by atoms with E-state index in [1.807, 2.05) is 0 Å². The van der Waals surface area contributed by atoms with Gasteiger partial charge in [-0.3, -0.25) is 4.79 Å². The van der Waals surface area contributed by atoms with Gasteiger partial charge in [-0.2, -0.15) is 19.4 Å². The fraction of sp³-hybridized carbons (Fsp3) is 0.0833. The molecule has 4 nitrogen and oxygen atoms in total. The number of carbonyl (C=O) groups excluding carboxylic acids is 1. The molecule has 0 bridgehead atoms. The van der Waals surface area contributed by atoms with Crippen molar-refractivity contribution in [3.63, 3.8) is 0 Å². The van der Waals surface area contributed by atoms with Crippen LogP contribution in [0.5, 0.6) is 0 Å². The highest BCUT2D eigenvalue weighted by Crippen LogP contribution is 2.54. The molecule has 2 N–H and O–H groups in total. The summed E-state index contributed by atoms with van der Waals surface area (Å²) in [6, 6.07) is 2.48. The third-order valence-corrected chi connectivity index (χ3v) is 6.27. The van der Waals surface area contributed by atoms with Crippen LogP contribution in [0.3, 0.4) is 0 Å².